The molecule has 2 aromatic carbocycles. The van der Waals surface area contributed by atoms with Crippen molar-refractivity contribution >= 4 is 28.9 Å². The lowest BCUT2D eigenvalue weighted by molar-refractivity contribution is -0.125. The maximum absolute atomic E-state index is 12.9. The zero-order chi connectivity index (χ0) is 18.5. The minimum atomic E-state index is -1.02. The average molecular weight is 365 g/mol. The van der Waals surface area contributed by atoms with E-state index in [1.54, 1.807) is 29.6 Å². The van der Waals surface area contributed by atoms with Crippen molar-refractivity contribution in [1.29, 1.82) is 0 Å². The van der Waals surface area contributed by atoms with Gasteiger partial charge in [-0.05, 0) is 48.6 Å². The summed E-state index contributed by atoms with van der Waals surface area (Å²) < 4.78 is 5.53. The Kier molecular flexibility index (Phi) is 5.49. The van der Waals surface area contributed by atoms with E-state index in [1.165, 1.54) is 11.3 Å². The van der Waals surface area contributed by atoms with Gasteiger partial charge >= 0.3 is 5.97 Å². The van der Waals surface area contributed by atoms with Crippen LogP contribution in [0.4, 0.5) is 5.69 Å². The van der Waals surface area contributed by atoms with Crippen LogP contribution in [0.1, 0.15) is 32.5 Å². The number of hydrogen-bond acceptors (Lipinski definition) is 4. The number of nitrogens with one attached hydrogen (secondary N) is 1. The van der Waals surface area contributed by atoms with E-state index in [-0.39, 0.29) is 5.91 Å². The zero-order valence-electron chi connectivity index (χ0n) is 14.6. The van der Waals surface area contributed by atoms with E-state index in [9.17, 15) is 9.59 Å². The van der Waals surface area contributed by atoms with Crippen LogP contribution in [-0.2, 0) is 9.53 Å². The molecule has 26 heavy (non-hydrogen) atoms. The quantitative estimate of drug-likeness (QED) is 0.654. The second kappa shape index (κ2) is 7.97. The Morgan fingerprint density at radius 3 is 2.27 bits per heavy atom. The summed E-state index contributed by atoms with van der Waals surface area (Å²) in [4.78, 5) is 25.7. The number of carbonyl (C=O) groups excluding carboxylic acids is 2. The largest absolute Gasteiger partial charge is 0.443 e. The lowest BCUT2D eigenvalue weighted by atomic mass is 10.1. The van der Waals surface area contributed by atoms with E-state index in [2.05, 4.69) is 5.32 Å². The van der Waals surface area contributed by atoms with Gasteiger partial charge in [0.1, 0.15) is 4.88 Å². The molecule has 0 aliphatic rings. The lowest BCUT2D eigenvalue weighted by Crippen LogP contribution is -2.25. The summed E-state index contributed by atoms with van der Waals surface area (Å²) in [5.41, 5.74) is 3.40. The van der Waals surface area contributed by atoms with Crippen molar-refractivity contribution in [3.8, 4) is 0 Å². The fourth-order valence-corrected chi connectivity index (χ4v) is 3.32. The van der Waals surface area contributed by atoms with Crippen LogP contribution in [0, 0.1) is 13.8 Å². The highest BCUT2D eigenvalue weighted by atomic mass is 32.1. The Hall–Kier alpha value is -2.92. The Labute approximate surface area is 156 Å². The number of aryl methyl sites for hydroxylation is 2. The van der Waals surface area contributed by atoms with Gasteiger partial charge in [0.25, 0.3) is 5.91 Å². The van der Waals surface area contributed by atoms with Crippen molar-refractivity contribution in [2.24, 2.45) is 0 Å². The van der Waals surface area contributed by atoms with Crippen LogP contribution >= 0.6 is 11.3 Å². The molecule has 1 heterocycles. The third kappa shape index (κ3) is 4.37. The van der Waals surface area contributed by atoms with Crippen molar-refractivity contribution in [2.75, 3.05) is 5.32 Å². The minimum absolute atomic E-state index is 0.383. The molecular formula is C21H19NO3S. The van der Waals surface area contributed by atoms with Gasteiger partial charge in [0, 0.05) is 11.3 Å². The van der Waals surface area contributed by atoms with Gasteiger partial charge in [0.15, 0.2) is 0 Å². The Balaban J connectivity index is 1.85. The fourth-order valence-electron chi connectivity index (χ4n) is 2.72. The standard InChI is InChI=1S/C21H19NO3S/c1-14-11-15(2)13-17(12-14)22-20(23)19(16-7-4-3-5-8-16)25-21(24)18-9-6-10-26-18/h3-13,19H,1-2H3,(H,22,23)/t19-/m0/s1. The van der Waals surface area contributed by atoms with Gasteiger partial charge in [-0.3, -0.25) is 4.79 Å². The van der Waals surface area contributed by atoms with Gasteiger partial charge in [0.05, 0.1) is 0 Å². The molecule has 0 aliphatic heterocycles. The molecule has 0 saturated heterocycles. The SMILES string of the molecule is Cc1cc(C)cc(NC(=O)[C@@H](OC(=O)c2cccs2)c2ccccc2)c1. The molecule has 5 heteroatoms. The Morgan fingerprint density at radius 2 is 1.65 bits per heavy atom. The Bertz CT molecular complexity index is 884. The van der Waals surface area contributed by atoms with Crippen LogP contribution in [0.25, 0.3) is 0 Å². The third-order valence-corrected chi connectivity index (χ3v) is 4.63. The van der Waals surface area contributed by atoms with Crippen LogP contribution in [0.15, 0.2) is 66.0 Å². The van der Waals surface area contributed by atoms with Gasteiger partial charge in [0.2, 0.25) is 6.10 Å². The van der Waals surface area contributed by atoms with E-state index >= 15 is 0 Å². The third-order valence-electron chi connectivity index (χ3n) is 3.78. The van der Waals surface area contributed by atoms with Gasteiger partial charge in [-0.2, -0.15) is 0 Å². The summed E-state index contributed by atoms with van der Waals surface area (Å²) in [6.07, 6.45) is -1.02. The van der Waals surface area contributed by atoms with Gasteiger partial charge in [-0.25, -0.2) is 4.79 Å². The molecule has 0 radical (unpaired) electrons. The van der Waals surface area contributed by atoms with E-state index in [4.69, 9.17) is 4.74 Å². The predicted octanol–water partition coefficient (Wildman–Crippen LogP) is 4.90. The highest BCUT2D eigenvalue weighted by Gasteiger charge is 2.26. The number of anilines is 1. The second-order valence-electron chi connectivity index (χ2n) is 6.04. The zero-order valence-corrected chi connectivity index (χ0v) is 15.4. The van der Waals surface area contributed by atoms with E-state index in [0.29, 0.717) is 16.1 Å². The summed E-state index contributed by atoms with van der Waals surface area (Å²) in [6, 6.07) is 18.3. The molecule has 3 rings (SSSR count). The molecule has 3 aromatic rings. The maximum atomic E-state index is 12.9. The molecule has 0 unspecified atom stereocenters. The molecule has 4 nitrogen and oxygen atoms in total. The average Bonchev–Trinajstić information content (AvgIpc) is 3.14. The summed E-state index contributed by atoms with van der Waals surface area (Å²) in [5, 5.41) is 4.66. The van der Waals surface area contributed by atoms with Crippen molar-refractivity contribution in [1.82, 2.24) is 0 Å². The molecule has 0 fully saturated rings. The van der Waals surface area contributed by atoms with Gasteiger partial charge in [-0.1, -0.05) is 42.5 Å². The summed E-state index contributed by atoms with van der Waals surface area (Å²) in [5.74, 6) is -0.893. The summed E-state index contributed by atoms with van der Waals surface area (Å²) >= 11 is 1.28. The van der Waals surface area contributed by atoms with E-state index in [0.717, 1.165) is 11.1 Å². The first kappa shape index (κ1) is 17.9. The molecule has 1 N–H and O–H groups in total. The molecular weight excluding hydrogens is 346 g/mol. The molecule has 0 saturated carbocycles. The monoisotopic (exact) mass is 365 g/mol. The van der Waals surface area contributed by atoms with Gasteiger partial charge < -0.3 is 10.1 Å². The molecule has 1 atom stereocenters. The minimum Gasteiger partial charge on any atom is -0.443 e. The summed E-state index contributed by atoms with van der Waals surface area (Å²) in [6.45, 7) is 3.93. The number of rotatable bonds is 5. The lowest BCUT2D eigenvalue weighted by Gasteiger charge is -2.18. The molecule has 0 aliphatic carbocycles. The number of esters is 1. The molecule has 1 amide bonds. The Morgan fingerprint density at radius 1 is 0.962 bits per heavy atom. The molecule has 1 aromatic heterocycles. The highest BCUT2D eigenvalue weighted by molar-refractivity contribution is 7.11. The maximum Gasteiger partial charge on any atom is 0.349 e. The van der Waals surface area contributed by atoms with Crippen LogP contribution < -0.4 is 5.32 Å². The molecule has 0 spiro atoms. The van der Waals surface area contributed by atoms with E-state index < -0.39 is 12.1 Å². The highest BCUT2D eigenvalue weighted by Crippen LogP contribution is 2.23. The number of hydrogen-bond donors (Lipinski definition) is 1. The van der Waals surface area contributed by atoms with E-state index in [1.807, 2.05) is 50.2 Å². The van der Waals surface area contributed by atoms with Crippen LogP contribution in [0.2, 0.25) is 0 Å². The first-order valence-electron chi connectivity index (χ1n) is 8.21. The fraction of sp³-hybridized carbons (Fsp3) is 0.143. The predicted molar refractivity (Wildman–Crippen MR) is 103 cm³/mol. The first-order chi connectivity index (χ1) is 12.5. The summed E-state index contributed by atoms with van der Waals surface area (Å²) in [7, 11) is 0. The van der Waals surface area contributed by atoms with Crippen LogP contribution in [0.5, 0.6) is 0 Å². The first-order valence-corrected chi connectivity index (χ1v) is 9.09. The number of carbonyl (C=O) groups is 2. The smallest absolute Gasteiger partial charge is 0.349 e. The van der Waals surface area contributed by atoms with Crippen molar-refractivity contribution in [3.05, 3.63) is 87.6 Å². The topological polar surface area (TPSA) is 55.4 Å². The normalized spacial score (nSPS) is 11.6. The molecule has 132 valence electrons. The number of benzene rings is 2. The van der Waals surface area contributed by atoms with Crippen molar-refractivity contribution < 1.29 is 14.3 Å². The van der Waals surface area contributed by atoms with Crippen LogP contribution in [0.3, 0.4) is 0 Å². The number of amides is 1. The van der Waals surface area contributed by atoms with Crippen LogP contribution in [-0.4, -0.2) is 11.9 Å². The van der Waals surface area contributed by atoms with Crippen molar-refractivity contribution in [3.63, 3.8) is 0 Å². The second-order valence-corrected chi connectivity index (χ2v) is 6.99. The van der Waals surface area contributed by atoms with Crippen molar-refractivity contribution in [2.45, 2.75) is 20.0 Å². The van der Waals surface area contributed by atoms with Gasteiger partial charge in [-0.15, -0.1) is 11.3 Å². The molecule has 0 bridgehead atoms. The number of thiophene rings is 1. The number of ether oxygens (including phenoxy) is 1.